The normalized spacial score (nSPS) is 12.0. The van der Waals surface area contributed by atoms with Gasteiger partial charge in [0.05, 0.1) is 12.6 Å². The van der Waals surface area contributed by atoms with Gasteiger partial charge in [-0.3, -0.25) is 0 Å². The minimum atomic E-state index is -0.148. The van der Waals surface area contributed by atoms with Crippen LogP contribution in [0.25, 0.3) is 0 Å². The largest absolute Gasteiger partial charge is 0.490 e. The topological polar surface area (TPSA) is 44.5 Å². The van der Waals surface area contributed by atoms with Crippen molar-refractivity contribution in [3.63, 3.8) is 0 Å². The van der Waals surface area contributed by atoms with E-state index in [0.717, 1.165) is 23.5 Å². The molecule has 2 aromatic carbocycles. The van der Waals surface area contributed by atoms with Gasteiger partial charge < -0.3 is 15.2 Å². The Labute approximate surface area is 126 Å². The van der Waals surface area contributed by atoms with Gasteiger partial charge in [0, 0.05) is 0 Å². The molecular weight excluding hydrogens is 262 g/mol. The first-order valence-corrected chi connectivity index (χ1v) is 7.37. The second-order valence-corrected chi connectivity index (χ2v) is 5.12. The third-order valence-electron chi connectivity index (χ3n) is 3.23. The zero-order valence-corrected chi connectivity index (χ0v) is 12.7. The van der Waals surface area contributed by atoms with Gasteiger partial charge in [-0.1, -0.05) is 48.9 Å². The molecule has 0 spiro atoms. The highest BCUT2D eigenvalue weighted by Crippen LogP contribution is 2.27. The molecule has 0 aliphatic rings. The van der Waals surface area contributed by atoms with E-state index in [2.05, 4.69) is 26.0 Å². The summed E-state index contributed by atoms with van der Waals surface area (Å²) in [5, 5.41) is 0. The zero-order chi connectivity index (χ0) is 15.1. The van der Waals surface area contributed by atoms with Gasteiger partial charge in [0.15, 0.2) is 11.5 Å². The highest BCUT2D eigenvalue weighted by Gasteiger charge is 2.09. The number of rotatable bonds is 7. The Bertz CT molecular complexity index is 551. The van der Waals surface area contributed by atoms with Crippen molar-refractivity contribution in [2.45, 2.75) is 26.3 Å². The minimum Gasteiger partial charge on any atom is -0.490 e. The van der Waals surface area contributed by atoms with E-state index in [9.17, 15) is 0 Å². The average molecular weight is 285 g/mol. The van der Waals surface area contributed by atoms with E-state index >= 15 is 0 Å². The molecule has 0 heterocycles. The van der Waals surface area contributed by atoms with Crippen molar-refractivity contribution in [3.8, 4) is 11.5 Å². The summed E-state index contributed by atoms with van der Waals surface area (Å²) in [5.41, 5.74) is 8.48. The maximum absolute atomic E-state index is 6.18. The molecule has 2 aromatic rings. The van der Waals surface area contributed by atoms with Crippen LogP contribution in [0.15, 0.2) is 48.5 Å². The van der Waals surface area contributed by atoms with E-state index in [-0.39, 0.29) is 6.04 Å². The maximum Gasteiger partial charge on any atom is 0.161 e. The van der Waals surface area contributed by atoms with E-state index in [1.165, 1.54) is 5.56 Å². The summed E-state index contributed by atoms with van der Waals surface area (Å²) >= 11 is 0. The molecule has 0 fully saturated rings. The first kappa shape index (κ1) is 15.4. The van der Waals surface area contributed by atoms with Gasteiger partial charge in [-0.05, 0) is 31.0 Å². The van der Waals surface area contributed by atoms with Crippen LogP contribution in [-0.4, -0.2) is 13.2 Å². The van der Waals surface area contributed by atoms with Crippen LogP contribution in [0.4, 0.5) is 0 Å². The van der Waals surface area contributed by atoms with E-state index in [1.807, 2.05) is 36.4 Å². The Kier molecular flexibility index (Phi) is 5.64. The first-order valence-electron chi connectivity index (χ1n) is 7.37. The SMILES string of the molecule is CCCOc1ccccc1OCC(N)c1ccc(C)cc1. The lowest BCUT2D eigenvalue weighted by molar-refractivity contribution is 0.255. The van der Waals surface area contributed by atoms with Crippen LogP contribution in [-0.2, 0) is 0 Å². The van der Waals surface area contributed by atoms with Crippen molar-refractivity contribution >= 4 is 0 Å². The third-order valence-corrected chi connectivity index (χ3v) is 3.23. The standard InChI is InChI=1S/C18H23NO2/c1-3-12-20-17-6-4-5-7-18(17)21-13-16(19)15-10-8-14(2)9-11-15/h4-11,16H,3,12-13,19H2,1-2H3. The van der Waals surface area contributed by atoms with Gasteiger partial charge in [-0.2, -0.15) is 0 Å². The highest BCUT2D eigenvalue weighted by molar-refractivity contribution is 5.39. The number of hydrogen-bond acceptors (Lipinski definition) is 3. The Morgan fingerprint density at radius 2 is 1.57 bits per heavy atom. The molecule has 0 saturated heterocycles. The highest BCUT2D eigenvalue weighted by atomic mass is 16.5. The molecule has 0 bridgehead atoms. The molecule has 2 N–H and O–H groups in total. The Balaban J connectivity index is 1.97. The van der Waals surface area contributed by atoms with Crippen LogP contribution in [0.3, 0.4) is 0 Å². The third kappa shape index (κ3) is 4.50. The van der Waals surface area contributed by atoms with Crippen molar-refractivity contribution in [1.82, 2.24) is 0 Å². The summed E-state index contributed by atoms with van der Waals surface area (Å²) in [6.07, 6.45) is 0.969. The van der Waals surface area contributed by atoms with Crippen molar-refractivity contribution in [2.75, 3.05) is 13.2 Å². The molecule has 0 saturated carbocycles. The quantitative estimate of drug-likeness (QED) is 0.840. The number of ether oxygens (including phenoxy) is 2. The Hall–Kier alpha value is -2.00. The second-order valence-electron chi connectivity index (χ2n) is 5.12. The molecule has 3 nitrogen and oxygen atoms in total. The smallest absolute Gasteiger partial charge is 0.161 e. The summed E-state index contributed by atoms with van der Waals surface area (Å²) < 4.78 is 11.5. The van der Waals surface area contributed by atoms with Crippen LogP contribution in [0.2, 0.25) is 0 Å². The van der Waals surface area contributed by atoms with E-state index in [4.69, 9.17) is 15.2 Å². The predicted octanol–water partition coefficient (Wildman–Crippen LogP) is 3.86. The molecule has 0 aliphatic carbocycles. The fourth-order valence-corrected chi connectivity index (χ4v) is 1.99. The number of aryl methyl sites for hydroxylation is 1. The van der Waals surface area contributed by atoms with Crippen molar-refractivity contribution in [1.29, 1.82) is 0 Å². The van der Waals surface area contributed by atoms with Crippen LogP contribution < -0.4 is 15.2 Å². The lowest BCUT2D eigenvalue weighted by Crippen LogP contribution is -2.19. The molecule has 3 heteroatoms. The van der Waals surface area contributed by atoms with Gasteiger partial charge in [0.2, 0.25) is 0 Å². The van der Waals surface area contributed by atoms with Crippen LogP contribution >= 0.6 is 0 Å². The average Bonchev–Trinajstić information content (AvgIpc) is 2.52. The molecule has 0 radical (unpaired) electrons. The van der Waals surface area contributed by atoms with Crippen LogP contribution in [0.5, 0.6) is 11.5 Å². The number of benzene rings is 2. The van der Waals surface area contributed by atoms with Gasteiger partial charge in [-0.25, -0.2) is 0 Å². The molecule has 1 atom stereocenters. The van der Waals surface area contributed by atoms with Gasteiger partial charge in [0.1, 0.15) is 6.61 Å². The first-order chi connectivity index (χ1) is 10.2. The number of hydrogen-bond donors (Lipinski definition) is 1. The van der Waals surface area contributed by atoms with Gasteiger partial charge >= 0.3 is 0 Å². The molecule has 0 amide bonds. The molecular formula is C18H23NO2. The van der Waals surface area contributed by atoms with Crippen molar-refractivity contribution in [2.24, 2.45) is 5.73 Å². The molecule has 0 aromatic heterocycles. The molecule has 112 valence electrons. The van der Waals surface area contributed by atoms with Crippen molar-refractivity contribution in [3.05, 3.63) is 59.7 Å². The second kappa shape index (κ2) is 7.70. The summed E-state index contributed by atoms with van der Waals surface area (Å²) in [4.78, 5) is 0. The summed E-state index contributed by atoms with van der Waals surface area (Å²) in [6, 6.07) is 15.8. The minimum absolute atomic E-state index is 0.148. The van der Waals surface area contributed by atoms with Gasteiger partial charge in [-0.15, -0.1) is 0 Å². The summed E-state index contributed by atoms with van der Waals surface area (Å²) in [7, 11) is 0. The molecule has 2 rings (SSSR count). The lowest BCUT2D eigenvalue weighted by atomic mass is 10.1. The molecule has 21 heavy (non-hydrogen) atoms. The maximum atomic E-state index is 6.18. The fourth-order valence-electron chi connectivity index (χ4n) is 1.99. The van der Waals surface area contributed by atoms with Crippen LogP contribution in [0, 0.1) is 6.92 Å². The fraction of sp³-hybridized carbons (Fsp3) is 0.333. The van der Waals surface area contributed by atoms with Crippen molar-refractivity contribution < 1.29 is 9.47 Å². The summed E-state index contributed by atoms with van der Waals surface area (Å²) in [5.74, 6) is 1.52. The van der Waals surface area contributed by atoms with Crippen LogP contribution in [0.1, 0.15) is 30.5 Å². The van der Waals surface area contributed by atoms with E-state index < -0.39 is 0 Å². The predicted molar refractivity (Wildman–Crippen MR) is 85.8 cm³/mol. The van der Waals surface area contributed by atoms with Gasteiger partial charge in [0.25, 0.3) is 0 Å². The monoisotopic (exact) mass is 285 g/mol. The Morgan fingerprint density at radius 3 is 2.19 bits per heavy atom. The summed E-state index contributed by atoms with van der Waals surface area (Å²) in [6.45, 7) is 5.25. The number of para-hydroxylation sites is 2. The lowest BCUT2D eigenvalue weighted by Gasteiger charge is -2.16. The molecule has 1 unspecified atom stereocenters. The number of nitrogens with two attached hydrogens (primary N) is 1. The zero-order valence-electron chi connectivity index (χ0n) is 12.7. The molecule has 0 aliphatic heterocycles. The Morgan fingerprint density at radius 1 is 0.952 bits per heavy atom. The van der Waals surface area contributed by atoms with E-state index in [0.29, 0.717) is 13.2 Å². The van der Waals surface area contributed by atoms with E-state index in [1.54, 1.807) is 0 Å².